The number of aryl methyl sites for hydroxylation is 1. The van der Waals surface area contributed by atoms with Crippen LogP contribution in [0.25, 0.3) is 16.7 Å². The molecular formula is C18H22N10O. The third-order valence-corrected chi connectivity index (χ3v) is 5.48. The lowest BCUT2D eigenvalue weighted by Gasteiger charge is -2.31. The minimum Gasteiger partial charge on any atom is -0.361 e. The molecule has 0 amide bonds. The van der Waals surface area contributed by atoms with Gasteiger partial charge in [-0.1, -0.05) is 0 Å². The van der Waals surface area contributed by atoms with E-state index >= 15 is 0 Å². The monoisotopic (exact) mass is 394 g/mol. The zero-order valence-electron chi connectivity index (χ0n) is 16.6. The first kappa shape index (κ1) is 17.6. The number of nitrogens with one attached hydrogen (secondary N) is 1. The fourth-order valence-corrected chi connectivity index (χ4v) is 3.81. The molecule has 1 N–H and O–H groups in total. The number of piperidine rings is 1. The summed E-state index contributed by atoms with van der Waals surface area (Å²) in [6.07, 6.45) is 3.30. The van der Waals surface area contributed by atoms with Gasteiger partial charge in [-0.15, -0.1) is 15.3 Å². The molecule has 1 aliphatic rings. The second kappa shape index (κ2) is 6.54. The van der Waals surface area contributed by atoms with Crippen molar-refractivity contribution in [3.63, 3.8) is 0 Å². The number of anilines is 2. The van der Waals surface area contributed by atoms with Crippen LogP contribution in [-0.4, -0.2) is 66.7 Å². The van der Waals surface area contributed by atoms with Crippen LogP contribution in [0.4, 0.5) is 11.8 Å². The fraction of sp³-hybridized carbons (Fsp3) is 0.444. The highest BCUT2D eigenvalue weighted by Gasteiger charge is 2.27. The van der Waals surface area contributed by atoms with E-state index in [0.29, 0.717) is 17.0 Å². The maximum absolute atomic E-state index is 12.3. The molecule has 0 aliphatic carbocycles. The largest absolute Gasteiger partial charge is 0.361 e. The van der Waals surface area contributed by atoms with E-state index in [4.69, 9.17) is 0 Å². The van der Waals surface area contributed by atoms with Crippen LogP contribution in [0.2, 0.25) is 0 Å². The topological polar surface area (TPSA) is 113 Å². The lowest BCUT2D eigenvalue weighted by molar-refractivity contribution is 0.472. The zero-order chi connectivity index (χ0) is 20.1. The molecule has 0 bridgehead atoms. The van der Waals surface area contributed by atoms with Gasteiger partial charge < -0.3 is 9.80 Å². The highest BCUT2D eigenvalue weighted by molar-refractivity contribution is 5.74. The maximum Gasteiger partial charge on any atom is 0.263 e. The number of aromatic nitrogens is 8. The number of fused-ring (bicyclic) bond motifs is 2. The number of H-pyrrole nitrogens is 1. The Morgan fingerprint density at radius 3 is 2.72 bits per heavy atom. The highest BCUT2D eigenvalue weighted by Crippen LogP contribution is 2.28. The predicted octanol–water partition coefficient (Wildman–Crippen LogP) is 0.544. The quantitative estimate of drug-likeness (QED) is 0.536. The third-order valence-electron chi connectivity index (χ3n) is 5.48. The van der Waals surface area contributed by atoms with Crippen LogP contribution in [0.5, 0.6) is 0 Å². The van der Waals surface area contributed by atoms with Gasteiger partial charge in [0.2, 0.25) is 5.95 Å². The van der Waals surface area contributed by atoms with Crippen molar-refractivity contribution in [1.82, 2.24) is 39.6 Å². The molecule has 0 radical (unpaired) electrons. The molecule has 0 saturated carbocycles. The van der Waals surface area contributed by atoms with Gasteiger partial charge in [-0.2, -0.15) is 14.6 Å². The van der Waals surface area contributed by atoms with Gasteiger partial charge in [-0.25, -0.2) is 0 Å². The Morgan fingerprint density at radius 1 is 1.17 bits per heavy atom. The second-order valence-corrected chi connectivity index (χ2v) is 7.57. The second-order valence-electron chi connectivity index (χ2n) is 7.57. The molecule has 0 atom stereocenters. The zero-order valence-corrected chi connectivity index (χ0v) is 16.6. The van der Waals surface area contributed by atoms with E-state index in [1.807, 2.05) is 35.6 Å². The normalized spacial score (nSPS) is 15.5. The Morgan fingerprint density at radius 2 is 1.97 bits per heavy atom. The molecule has 11 heteroatoms. The Kier molecular flexibility index (Phi) is 3.96. The summed E-state index contributed by atoms with van der Waals surface area (Å²) in [5.41, 5.74) is 1.18. The molecule has 150 valence electrons. The van der Waals surface area contributed by atoms with E-state index < -0.39 is 0 Å². The first-order valence-electron chi connectivity index (χ1n) is 9.58. The Bertz CT molecular complexity index is 1240. The molecule has 29 heavy (non-hydrogen) atoms. The van der Waals surface area contributed by atoms with E-state index in [2.05, 4.69) is 35.3 Å². The van der Waals surface area contributed by atoms with Crippen LogP contribution < -0.4 is 15.4 Å². The lowest BCUT2D eigenvalue weighted by Crippen LogP contribution is -2.35. The van der Waals surface area contributed by atoms with Gasteiger partial charge in [0, 0.05) is 40.2 Å². The molecule has 11 nitrogen and oxygen atoms in total. The van der Waals surface area contributed by atoms with Crippen molar-refractivity contribution in [2.24, 2.45) is 7.05 Å². The Balaban J connectivity index is 1.39. The number of rotatable bonds is 3. The molecule has 4 aromatic heterocycles. The van der Waals surface area contributed by atoms with Crippen LogP contribution in [0.1, 0.15) is 24.6 Å². The first-order chi connectivity index (χ1) is 14.0. The van der Waals surface area contributed by atoms with Crippen molar-refractivity contribution in [1.29, 1.82) is 0 Å². The molecule has 0 unspecified atom stereocenters. The van der Waals surface area contributed by atoms with Gasteiger partial charge in [-0.05, 0) is 25.0 Å². The number of hydrogen-bond acceptors (Lipinski definition) is 8. The number of nitrogens with zero attached hydrogens (tertiary/aromatic N) is 9. The lowest BCUT2D eigenvalue weighted by atomic mass is 9.96. The van der Waals surface area contributed by atoms with Gasteiger partial charge in [0.25, 0.3) is 5.56 Å². The summed E-state index contributed by atoms with van der Waals surface area (Å²) >= 11 is 0. The number of hydrogen-bond donors (Lipinski definition) is 1. The summed E-state index contributed by atoms with van der Waals surface area (Å²) in [6, 6.07) is 3.87. The Hall–Kier alpha value is -3.50. The van der Waals surface area contributed by atoms with Crippen molar-refractivity contribution in [3.8, 4) is 0 Å². The minimum atomic E-state index is -0.163. The van der Waals surface area contributed by atoms with E-state index in [-0.39, 0.29) is 11.5 Å². The Labute approximate surface area is 166 Å². The van der Waals surface area contributed by atoms with Crippen molar-refractivity contribution in [3.05, 3.63) is 34.5 Å². The van der Waals surface area contributed by atoms with E-state index in [1.165, 1.54) is 0 Å². The molecule has 1 fully saturated rings. The van der Waals surface area contributed by atoms with Crippen molar-refractivity contribution in [2.45, 2.75) is 18.8 Å². The molecule has 1 aliphatic heterocycles. The van der Waals surface area contributed by atoms with Crippen LogP contribution in [0.15, 0.2) is 23.1 Å². The van der Waals surface area contributed by atoms with E-state index in [0.717, 1.165) is 43.2 Å². The summed E-state index contributed by atoms with van der Waals surface area (Å²) < 4.78 is 3.47. The summed E-state index contributed by atoms with van der Waals surface area (Å²) in [6.45, 7) is 1.53. The van der Waals surface area contributed by atoms with Crippen molar-refractivity contribution in [2.75, 3.05) is 37.0 Å². The van der Waals surface area contributed by atoms with Crippen LogP contribution in [0, 0.1) is 0 Å². The summed E-state index contributed by atoms with van der Waals surface area (Å²) in [5, 5.41) is 18.0. The summed E-state index contributed by atoms with van der Waals surface area (Å²) in [5.74, 6) is 2.58. The smallest absolute Gasteiger partial charge is 0.263 e. The number of aromatic amines is 1. The third kappa shape index (κ3) is 2.89. The molecule has 1 saturated heterocycles. The average molecular weight is 394 g/mol. The van der Waals surface area contributed by atoms with Gasteiger partial charge in [0.1, 0.15) is 11.2 Å². The van der Waals surface area contributed by atoms with E-state index in [9.17, 15) is 4.79 Å². The standard InChI is InChI=1S/C18H22N10O/c1-25(2)14-5-4-13-22-23-15(28(13)24-14)11-6-8-27(9-7-11)18-20-16-12(17(29)21-18)10-19-26(16)3/h4-5,10-11H,6-9H2,1-3H3,(H,20,21,29). The van der Waals surface area contributed by atoms with Crippen LogP contribution >= 0.6 is 0 Å². The molecule has 0 spiro atoms. The minimum absolute atomic E-state index is 0.163. The van der Waals surface area contributed by atoms with Crippen LogP contribution in [0.3, 0.4) is 0 Å². The molecule has 4 aromatic rings. The van der Waals surface area contributed by atoms with E-state index in [1.54, 1.807) is 17.9 Å². The van der Waals surface area contributed by atoms with Gasteiger partial charge in [0.15, 0.2) is 17.1 Å². The van der Waals surface area contributed by atoms with Gasteiger partial charge >= 0.3 is 0 Å². The predicted molar refractivity (Wildman–Crippen MR) is 108 cm³/mol. The maximum atomic E-state index is 12.3. The first-order valence-corrected chi connectivity index (χ1v) is 9.58. The summed E-state index contributed by atoms with van der Waals surface area (Å²) in [7, 11) is 5.71. The fourth-order valence-electron chi connectivity index (χ4n) is 3.81. The highest BCUT2D eigenvalue weighted by atomic mass is 16.1. The SMILES string of the molecule is CN(C)c1ccc2nnc(C3CCN(c4nc5c(cnn5C)c(=O)[nH]4)CC3)n2n1. The molecule has 0 aromatic carbocycles. The van der Waals surface area contributed by atoms with Crippen molar-refractivity contribution >= 4 is 28.4 Å². The summed E-state index contributed by atoms with van der Waals surface area (Å²) in [4.78, 5) is 23.9. The van der Waals surface area contributed by atoms with Gasteiger partial charge in [0.05, 0.1) is 6.20 Å². The molecule has 5 rings (SSSR count). The van der Waals surface area contributed by atoms with Crippen LogP contribution in [-0.2, 0) is 7.05 Å². The molecule has 5 heterocycles. The molecular weight excluding hydrogens is 372 g/mol. The van der Waals surface area contributed by atoms with Crippen molar-refractivity contribution < 1.29 is 0 Å². The average Bonchev–Trinajstić information content (AvgIpc) is 3.32. The van der Waals surface area contributed by atoms with Gasteiger partial charge in [-0.3, -0.25) is 14.5 Å².